The Hall–Kier alpha value is -2.78. The molecule has 0 radical (unpaired) electrons. The van der Waals surface area contributed by atoms with Gasteiger partial charge in [-0.05, 0) is 35.9 Å². The lowest BCUT2D eigenvalue weighted by atomic mass is 10.0. The first-order valence-corrected chi connectivity index (χ1v) is 4.99. The molecule has 0 N–H and O–H groups in total. The summed E-state index contributed by atoms with van der Waals surface area (Å²) in [5.41, 5.74) is 1.84. The highest BCUT2D eigenvalue weighted by molar-refractivity contribution is 5.88. The molecule has 0 saturated carbocycles. The molecule has 1 aromatic carbocycles. The van der Waals surface area contributed by atoms with Crippen molar-refractivity contribution in [3.05, 3.63) is 59.5 Å². The van der Waals surface area contributed by atoms with E-state index in [0.717, 1.165) is 5.56 Å². The summed E-state index contributed by atoms with van der Waals surface area (Å²) in [5.74, 6) is 0.630. The Morgan fingerprint density at radius 3 is 2.41 bits per heavy atom. The maximum absolute atomic E-state index is 9.08. The summed E-state index contributed by atoms with van der Waals surface area (Å²) in [4.78, 5) is 0. The number of rotatable bonds is 2. The summed E-state index contributed by atoms with van der Waals surface area (Å²) in [7, 11) is 0. The van der Waals surface area contributed by atoms with Crippen LogP contribution in [0.2, 0.25) is 0 Å². The van der Waals surface area contributed by atoms with E-state index in [2.05, 4.69) is 6.07 Å². The molecule has 3 nitrogen and oxygen atoms in total. The Kier molecular flexibility index (Phi) is 3.05. The van der Waals surface area contributed by atoms with Crippen LogP contribution in [0.25, 0.3) is 11.6 Å². The predicted octanol–water partition coefficient (Wildman–Crippen LogP) is 3.22. The summed E-state index contributed by atoms with van der Waals surface area (Å²) in [6.45, 7) is 0. The van der Waals surface area contributed by atoms with Crippen molar-refractivity contribution >= 4 is 11.6 Å². The molecule has 2 rings (SSSR count). The average Bonchev–Trinajstić information content (AvgIpc) is 2.89. The molecule has 0 amide bonds. The topological polar surface area (TPSA) is 60.7 Å². The summed E-state index contributed by atoms with van der Waals surface area (Å²) in [6, 6.07) is 14.5. The largest absolute Gasteiger partial charge is 0.465 e. The van der Waals surface area contributed by atoms with E-state index in [1.165, 1.54) is 0 Å². The Morgan fingerprint density at radius 2 is 1.88 bits per heavy atom. The van der Waals surface area contributed by atoms with Gasteiger partial charge in [-0.15, -0.1) is 0 Å². The molecule has 0 saturated heterocycles. The Balaban J connectivity index is 2.37. The van der Waals surface area contributed by atoms with Crippen LogP contribution >= 0.6 is 0 Å². The van der Waals surface area contributed by atoms with Crippen LogP contribution in [0, 0.1) is 22.7 Å². The van der Waals surface area contributed by atoms with Gasteiger partial charge in [0.15, 0.2) is 0 Å². The van der Waals surface area contributed by atoms with Crippen LogP contribution in [0.1, 0.15) is 16.9 Å². The van der Waals surface area contributed by atoms with Gasteiger partial charge in [0, 0.05) is 0 Å². The second-order valence-electron chi connectivity index (χ2n) is 3.37. The van der Waals surface area contributed by atoms with Gasteiger partial charge in [0.25, 0.3) is 0 Å². The van der Waals surface area contributed by atoms with E-state index in [0.29, 0.717) is 16.9 Å². The van der Waals surface area contributed by atoms with E-state index in [9.17, 15) is 0 Å². The number of allylic oxidation sites excluding steroid dienone is 1. The Labute approximate surface area is 98.8 Å². The lowest BCUT2D eigenvalue weighted by Crippen LogP contribution is -1.82. The fourth-order valence-electron chi connectivity index (χ4n) is 1.42. The van der Waals surface area contributed by atoms with Gasteiger partial charge in [0.1, 0.15) is 5.76 Å². The van der Waals surface area contributed by atoms with Crippen LogP contribution in [0.3, 0.4) is 0 Å². The highest BCUT2D eigenvalue weighted by Gasteiger charge is 2.02. The van der Waals surface area contributed by atoms with Crippen LogP contribution in [0.4, 0.5) is 0 Å². The summed E-state index contributed by atoms with van der Waals surface area (Å²) >= 11 is 0. The first kappa shape index (κ1) is 10.7. The quantitative estimate of drug-likeness (QED) is 0.730. The lowest BCUT2D eigenvalue weighted by molar-refractivity contribution is 0.557. The minimum Gasteiger partial charge on any atom is -0.465 e. The molecule has 2 aromatic rings. The molecule has 80 valence electrons. The molecular formula is C14H8N2O. The van der Waals surface area contributed by atoms with Crippen LogP contribution < -0.4 is 0 Å². The second-order valence-corrected chi connectivity index (χ2v) is 3.37. The molecule has 1 aromatic heterocycles. The summed E-state index contributed by atoms with van der Waals surface area (Å²) in [5, 5.41) is 17.8. The van der Waals surface area contributed by atoms with E-state index in [1.807, 2.05) is 6.07 Å². The van der Waals surface area contributed by atoms with Gasteiger partial charge < -0.3 is 4.42 Å². The molecule has 0 spiro atoms. The van der Waals surface area contributed by atoms with Crippen molar-refractivity contribution < 1.29 is 4.42 Å². The number of nitriles is 2. The number of hydrogen-bond acceptors (Lipinski definition) is 3. The first-order chi connectivity index (χ1) is 8.33. The number of hydrogen-bond donors (Lipinski definition) is 0. The molecular weight excluding hydrogens is 212 g/mol. The van der Waals surface area contributed by atoms with Gasteiger partial charge in [-0.3, -0.25) is 0 Å². The molecule has 0 aliphatic rings. The van der Waals surface area contributed by atoms with Gasteiger partial charge in [-0.1, -0.05) is 12.1 Å². The van der Waals surface area contributed by atoms with Crippen LogP contribution in [0.15, 0.2) is 47.1 Å². The number of furan rings is 1. The van der Waals surface area contributed by atoms with E-state index < -0.39 is 0 Å². The smallest absolute Gasteiger partial charge is 0.127 e. The van der Waals surface area contributed by atoms with Crippen molar-refractivity contribution in [3.63, 3.8) is 0 Å². The zero-order valence-corrected chi connectivity index (χ0v) is 8.92. The summed E-state index contributed by atoms with van der Waals surface area (Å²) < 4.78 is 5.15. The highest BCUT2D eigenvalue weighted by Crippen LogP contribution is 2.18. The molecule has 0 fully saturated rings. The zero-order chi connectivity index (χ0) is 12.1. The monoisotopic (exact) mass is 220 g/mol. The van der Waals surface area contributed by atoms with Crippen molar-refractivity contribution in [1.82, 2.24) is 0 Å². The van der Waals surface area contributed by atoms with Crippen molar-refractivity contribution in [1.29, 1.82) is 10.5 Å². The fourth-order valence-corrected chi connectivity index (χ4v) is 1.42. The number of nitrogens with zero attached hydrogens (tertiary/aromatic N) is 2. The Morgan fingerprint density at radius 1 is 1.12 bits per heavy atom. The predicted molar refractivity (Wildman–Crippen MR) is 63.3 cm³/mol. The average molecular weight is 220 g/mol. The fraction of sp³-hybridized carbons (Fsp3) is 0. The van der Waals surface area contributed by atoms with E-state index >= 15 is 0 Å². The summed E-state index contributed by atoms with van der Waals surface area (Å²) in [6.07, 6.45) is 3.22. The van der Waals surface area contributed by atoms with Crippen molar-refractivity contribution in [2.75, 3.05) is 0 Å². The highest BCUT2D eigenvalue weighted by atomic mass is 16.3. The lowest BCUT2D eigenvalue weighted by Gasteiger charge is -1.98. The third kappa shape index (κ3) is 2.42. The first-order valence-electron chi connectivity index (χ1n) is 4.99. The van der Waals surface area contributed by atoms with Crippen LogP contribution in [-0.2, 0) is 0 Å². The second kappa shape index (κ2) is 4.83. The minimum atomic E-state index is 0.504. The molecule has 0 bridgehead atoms. The maximum Gasteiger partial charge on any atom is 0.127 e. The standard InChI is InChI=1S/C14H8N2O/c15-9-11-3-5-12(6-4-11)13(10-16)8-14-2-1-7-17-14/h1-8H/b13-8+. The van der Waals surface area contributed by atoms with Gasteiger partial charge >= 0.3 is 0 Å². The van der Waals surface area contributed by atoms with Crippen LogP contribution in [0.5, 0.6) is 0 Å². The minimum absolute atomic E-state index is 0.504. The van der Waals surface area contributed by atoms with Crippen LogP contribution in [-0.4, -0.2) is 0 Å². The maximum atomic E-state index is 9.08. The Bertz CT molecular complexity index is 608. The molecule has 17 heavy (non-hydrogen) atoms. The third-order valence-electron chi connectivity index (χ3n) is 2.28. The molecule has 1 heterocycles. The van der Waals surface area contributed by atoms with Crippen molar-refractivity contribution in [2.45, 2.75) is 0 Å². The van der Waals surface area contributed by atoms with Gasteiger partial charge in [0.2, 0.25) is 0 Å². The van der Waals surface area contributed by atoms with E-state index in [1.54, 1.807) is 48.7 Å². The molecule has 0 aliphatic heterocycles. The van der Waals surface area contributed by atoms with Gasteiger partial charge in [-0.2, -0.15) is 10.5 Å². The zero-order valence-electron chi connectivity index (χ0n) is 8.92. The van der Waals surface area contributed by atoms with E-state index in [-0.39, 0.29) is 0 Å². The third-order valence-corrected chi connectivity index (χ3v) is 2.28. The SMILES string of the molecule is N#C/C(=C\c1ccco1)c1ccc(C#N)cc1. The van der Waals surface area contributed by atoms with E-state index in [4.69, 9.17) is 14.9 Å². The molecule has 3 heteroatoms. The van der Waals surface area contributed by atoms with Crippen molar-refractivity contribution in [3.8, 4) is 12.1 Å². The van der Waals surface area contributed by atoms with Crippen molar-refractivity contribution in [2.24, 2.45) is 0 Å². The molecule has 0 atom stereocenters. The molecule has 0 unspecified atom stereocenters. The normalized spacial score (nSPS) is 10.6. The molecule has 0 aliphatic carbocycles. The number of benzene rings is 1. The van der Waals surface area contributed by atoms with Gasteiger partial charge in [0.05, 0.1) is 29.5 Å². The van der Waals surface area contributed by atoms with Gasteiger partial charge in [-0.25, -0.2) is 0 Å².